The lowest BCUT2D eigenvalue weighted by molar-refractivity contribution is -0.121. The van der Waals surface area contributed by atoms with E-state index in [2.05, 4.69) is 0 Å². The summed E-state index contributed by atoms with van der Waals surface area (Å²) in [6.07, 6.45) is -1.53. The molecular formula is C24H27F2NO5S. The Kier molecular flexibility index (Phi) is 7.58. The number of amides is 1. The van der Waals surface area contributed by atoms with Gasteiger partial charge in [-0.15, -0.1) is 8.78 Å². The monoisotopic (exact) mass is 479 g/mol. The number of hydrogen-bond acceptors (Lipinski definition) is 5. The van der Waals surface area contributed by atoms with Gasteiger partial charge in [-0.1, -0.05) is 32.0 Å². The maximum atomic E-state index is 13.1. The molecule has 178 valence electrons. The van der Waals surface area contributed by atoms with Gasteiger partial charge in [-0.25, -0.2) is 13.2 Å². The fraction of sp³-hybridized carbons (Fsp3) is 0.375. The van der Waals surface area contributed by atoms with E-state index in [9.17, 15) is 26.8 Å². The number of ketones is 1. The average molecular weight is 480 g/mol. The van der Waals surface area contributed by atoms with E-state index in [4.69, 9.17) is 4.79 Å². The van der Waals surface area contributed by atoms with Crippen molar-refractivity contribution in [1.82, 2.24) is 0 Å². The van der Waals surface area contributed by atoms with Gasteiger partial charge >= 0.3 is 6.29 Å². The molecule has 0 saturated heterocycles. The molecule has 0 unspecified atom stereocenters. The summed E-state index contributed by atoms with van der Waals surface area (Å²) < 4.78 is 42.7. The van der Waals surface area contributed by atoms with Crippen LogP contribution in [0.1, 0.15) is 50.0 Å². The SMILES string of the molecule is CC(C)(CC(=O)c1ccc2c(c1)C(C)(C)C(=O)N2c1ccccc1)CS(C)(=O)=O.O=C(F)F. The molecule has 3 rings (SSSR count). The fourth-order valence-corrected chi connectivity index (χ4v) is 5.56. The minimum absolute atomic E-state index is 0.0410. The lowest BCUT2D eigenvalue weighted by Crippen LogP contribution is -2.33. The summed E-state index contributed by atoms with van der Waals surface area (Å²) in [5.41, 5.74) is 1.45. The lowest BCUT2D eigenvalue weighted by Gasteiger charge is -2.23. The number of nitrogens with zero attached hydrogens (tertiary/aromatic N) is 1. The first-order chi connectivity index (χ1) is 15.0. The Morgan fingerprint density at radius 2 is 1.58 bits per heavy atom. The van der Waals surface area contributed by atoms with E-state index in [0.717, 1.165) is 16.9 Å². The van der Waals surface area contributed by atoms with Crippen molar-refractivity contribution in [2.45, 2.75) is 39.5 Å². The van der Waals surface area contributed by atoms with Gasteiger partial charge in [0, 0.05) is 23.9 Å². The Morgan fingerprint density at radius 3 is 2.09 bits per heavy atom. The number of anilines is 2. The third kappa shape index (κ3) is 6.54. The zero-order valence-corrected chi connectivity index (χ0v) is 20.0. The Hall–Kier alpha value is -2.94. The van der Waals surface area contributed by atoms with Crippen molar-refractivity contribution >= 4 is 39.2 Å². The van der Waals surface area contributed by atoms with Crippen molar-refractivity contribution in [2.75, 3.05) is 16.9 Å². The first-order valence-corrected chi connectivity index (χ1v) is 12.2. The van der Waals surface area contributed by atoms with Crippen molar-refractivity contribution < 1.29 is 31.6 Å². The van der Waals surface area contributed by atoms with E-state index in [-0.39, 0.29) is 23.9 Å². The predicted molar refractivity (Wildman–Crippen MR) is 123 cm³/mol. The molecule has 1 aliphatic heterocycles. The molecule has 6 nitrogen and oxygen atoms in total. The first kappa shape index (κ1) is 26.3. The maximum Gasteiger partial charge on any atom is 0.483 e. The number of halogens is 2. The molecule has 1 aliphatic rings. The van der Waals surface area contributed by atoms with E-state index in [0.29, 0.717) is 5.56 Å². The topological polar surface area (TPSA) is 88.6 Å². The number of fused-ring (bicyclic) bond motifs is 1. The molecule has 2 aromatic rings. The van der Waals surface area contributed by atoms with Crippen LogP contribution in [-0.2, 0) is 20.0 Å². The zero-order chi connectivity index (χ0) is 25.2. The summed E-state index contributed by atoms with van der Waals surface area (Å²) >= 11 is 0. The molecular weight excluding hydrogens is 452 g/mol. The van der Waals surface area contributed by atoms with Crippen LogP contribution in [0.4, 0.5) is 25.0 Å². The van der Waals surface area contributed by atoms with Crippen molar-refractivity contribution in [2.24, 2.45) is 5.41 Å². The molecule has 0 saturated carbocycles. The second kappa shape index (κ2) is 9.51. The number of carbonyl (C=O) groups is 3. The van der Waals surface area contributed by atoms with E-state index in [1.807, 2.05) is 50.2 Å². The highest BCUT2D eigenvalue weighted by atomic mass is 32.2. The number of benzene rings is 2. The van der Waals surface area contributed by atoms with E-state index in [1.54, 1.807) is 30.9 Å². The quantitative estimate of drug-likeness (QED) is 0.413. The van der Waals surface area contributed by atoms with Gasteiger partial charge in [0.25, 0.3) is 0 Å². The number of Topliss-reactive ketones (excluding diaryl/α,β-unsaturated/α-hetero) is 1. The minimum Gasteiger partial charge on any atom is -0.294 e. The highest BCUT2D eigenvalue weighted by Gasteiger charge is 2.44. The molecule has 0 aromatic heterocycles. The van der Waals surface area contributed by atoms with Crippen molar-refractivity contribution in [3.8, 4) is 0 Å². The average Bonchev–Trinajstić information content (AvgIpc) is 2.85. The van der Waals surface area contributed by atoms with Crippen LogP contribution < -0.4 is 4.90 Å². The predicted octanol–water partition coefficient (Wildman–Crippen LogP) is 5.33. The number of rotatable bonds is 6. The zero-order valence-electron chi connectivity index (χ0n) is 19.2. The molecule has 0 bridgehead atoms. The van der Waals surface area contributed by atoms with Crippen LogP contribution in [0.15, 0.2) is 48.5 Å². The minimum atomic E-state index is -3.19. The number of para-hydroxylation sites is 1. The Bertz CT molecular complexity index is 1170. The molecule has 0 aliphatic carbocycles. The third-order valence-electron chi connectivity index (χ3n) is 5.28. The smallest absolute Gasteiger partial charge is 0.294 e. The van der Waals surface area contributed by atoms with Gasteiger partial charge in [0.1, 0.15) is 9.84 Å². The van der Waals surface area contributed by atoms with Gasteiger partial charge in [-0.05, 0) is 55.2 Å². The Morgan fingerprint density at radius 1 is 1.03 bits per heavy atom. The molecule has 0 spiro atoms. The maximum absolute atomic E-state index is 13.1. The van der Waals surface area contributed by atoms with Crippen LogP contribution in [0, 0.1) is 5.41 Å². The van der Waals surface area contributed by atoms with Gasteiger partial charge in [-0.2, -0.15) is 0 Å². The molecule has 33 heavy (non-hydrogen) atoms. The first-order valence-electron chi connectivity index (χ1n) is 10.2. The van der Waals surface area contributed by atoms with Crippen LogP contribution in [0.5, 0.6) is 0 Å². The number of carbonyl (C=O) groups excluding carboxylic acids is 3. The highest BCUT2D eigenvalue weighted by Crippen LogP contribution is 2.45. The van der Waals surface area contributed by atoms with Gasteiger partial charge in [-0.3, -0.25) is 14.5 Å². The second-order valence-corrected chi connectivity index (χ2v) is 11.5. The number of hydrogen-bond donors (Lipinski definition) is 0. The van der Waals surface area contributed by atoms with Crippen LogP contribution in [0.25, 0.3) is 0 Å². The fourth-order valence-electron chi connectivity index (χ4n) is 4.04. The van der Waals surface area contributed by atoms with Crippen molar-refractivity contribution in [1.29, 1.82) is 0 Å². The standard InChI is InChI=1S/C23H27NO4S.CF2O/c1-22(2,15-29(5,27)28)14-20(25)16-11-12-19-18(13-16)23(3,4)21(26)24(19)17-9-7-6-8-10-17;2-1(3)4/h6-13H,14-15H2,1-5H3;. The highest BCUT2D eigenvalue weighted by molar-refractivity contribution is 7.90. The molecule has 1 heterocycles. The third-order valence-corrected chi connectivity index (χ3v) is 6.58. The van der Waals surface area contributed by atoms with E-state index in [1.165, 1.54) is 6.26 Å². The second-order valence-electron chi connectivity index (χ2n) is 9.39. The summed E-state index contributed by atoms with van der Waals surface area (Å²) in [5.74, 6) is -0.216. The lowest BCUT2D eigenvalue weighted by atomic mass is 9.83. The summed E-state index contributed by atoms with van der Waals surface area (Å²) in [6, 6.07) is 14.8. The Balaban J connectivity index is 0.000000890. The summed E-state index contributed by atoms with van der Waals surface area (Å²) in [5, 5.41) is 0. The molecule has 0 N–H and O–H groups in total. The largest absolute Gasteiger partial charge is 0.483 e. The number of sulfone groups is 1. The van der Waals surface area contributed by atoms with Gasteiger partial charge in [0.05, 0.1) is 16.9 Å². The molecule has 2 aromatic carbocycles. The van der Waals surface area contributed by atoms with Gasteiger partial charge in [0.2, 0.25) is 5.91 Å². The molecule has 0 radical (unpaired) electrons. The van der Waals surface area contributed by atoms with Gasteiger partial charge in [0.15, 0.2) is 5.78 Å². The molecule has 0 fully saturated rings. The summed E-state index contributed by atoms with van der Waals surface area (Å²) in [4.78, 5) is 35.8. The van der Waals surface area contributed by atoms with Crippen molar-refractivity contribution in [3.63, 3.8) is 0 Å². The Labute approximate surface area is 192 Å². The van der Waals surface area contributed by atoms with Gasteiger partial charge < -0.3 is 0 Å². The summed E-state index contributed by atoms with van der Waals surface area (Å²) in [7, 11) is -3.19. The molecule has 1 amide bonds. The van der Waals surface area contributed by atoms with Crippen LogP contribution in [-0.4, -0.2) is 38.4 Å². The van der Waals surface area contributed by atoms with E-state index >= 15 is 0 Å². The van der Waals surface area contributed by atoms with Crippen LogP contribution in [0.3, 0.4) is 0 Å². The van der Waals surface area contributed by atoms with Crippen LogP contribution >= 0.6 is 0 Å². The van der Waals surface area contributed by atoms with Crippen molar-refractivity contribution in [3.05, 3.63) is 59.7 Å². The van der Waals surface area contributed by atoms with E-state index < -0.39 is 27.0 Å². The van der Waals surface area contributed by atoms with Crippen LogP contribution in [0.2, 0.25) is 0 Å². The normalized spacial score (nSPS) is 14.9. The molecule has 0 atom stereocenters. The molecule has 9 heteroatoms. The summed E-state index contributed by atoms with van der Waals surface area (Å²) in [6.45, 7) is 7.28.